The number of piperidine rings is 1. The highest BCUT2D eigenvalue weighted by Crippen LogP contribution is 2.23. The minimum absolute atomic E-state index is 0.124. The molecule has 1 atom stereocenters. The van der Waals surface area contributed by atoms with Crippen molar-refractivity contribution in [2.24, 2.45) is 0 Å². The highest BCUT2D eigenvalue weighted by molar-refractivity contribution is 5.95. The molecule has 2 aliphatic heterocycles. The summed E-state index contributed by atoms with van der Waals surface area (Å²) in [4.78, 5) is 28.2. The number of rotatable bonds is 4. The monoisotopic (exact) mass is 286 g/mol. The summed E-state index contributed by atoms with van der Waals surface area (Å²) in [5.74, 6) is 0.279. The van der Waals surface area contributed by atoms with Crippen LogP contribution in [0.15, 0.2) is 30.3 Å². The van der Waals surface area contributed by atoms with Crippen molar-refractivity contribution in [3.05, 3.63) is 35.9 Å². The van der Waals surface area contributed by atoms with E-state index in [9.17, 15) is 9.59 Å². The van der Waals surface area contributed by atoms with Crippen molar-refractivity contribution < 1.29 is 9.59 Å². The highest BCUT2D eigenvalue weighted by atomic mass is 16.2. The van der Waals surface area contributed by atoms with Gasteiger partial charge < -0.3 is 9.80 Å². The van der Waals surface area contributed by atoms with E-state index in [1.54, 1.807) is 9.80 Å². The topological polar surface area (TPSA) is 40.6 Å². The fraction of sp³-hybridized carbons (Fsp3) is 0.529. The van der Waals surface area contributed by atoms with Crippen molar-refractivity contribution in [1.82, 2.24) is 9.80 Å². The molecule has 0 spiro atoms. The van der Waals surface area contributed by atoms with Gasteiger partial charge in [-0.3, -0.25) is 9.59 Å². The van der Waals surface area contributed by atoms with E-state index < -0.39 is 0 Å². The minimum Gasteiger partial charge on any atom is -0.332 e. The Balaban J connectivity index is 1.56. The Morgan fingerprint density at radius 2 is 1.90 bits per heavy atom. The van der Waals surface area contributed by atoms with Crippen LogP contribution in [0.3, 0.4) is 0 Å². The summed E-state index contributed by atoms with van der Waals surface area (Å²) in [7, 11) is 0. The van der Waals surface area contributed by atoms with Crippen LogP contribution in [0.2, 0.25) is 0 Å². The molecule has 1 aromatic carbocycles. The zero-order valence-corrected chi connectivity index (χ0v) is 12.3. The van der Waals surface area contributed by atoms with Crippen molar-refractivity contribution >= 4 is 11.8 Å². The molecule has 3 rings (SSSR count). The van der Waals surface area contributed by atoms with Gasteiger partial charge in [0.15, 0.2) is 0 Å². The Morgan fingerprint density at radius 3 is 2.71 bits per heavy atom. The van der Waals surface area contributed by atoms with Gasteiger partial charge in [0.25, 0.3) is 0 Å². The van der Waals surface area contributed by atoms with Gasteiger partial charge in [-0.15, -0.1) is 0 Å². The average molecular weight is 286 g/mol. The highest BCUT2D eigenvalue weighted by Gasteiger charge is 2.39. The molecule has 2 fully saturated rings. The lowest BCUT2D eigenvalue weighted by Crippen LogP contribution is -2.61. The molecule has 2 aliphatic rings. The molecule has 2 saturated heterocycles. The number of piperazine rings is 1. The lowest BCUT2D eigenvalue weighted by molar-refractivity contribution is -0.157. The number of hydrogen-bond acceptors (Lipinski definition) is 2. The summed E-state index contributed by atoms with van der Waals surface area (Å²) >= 11 is 0. The van der Waals surface area contributed by atoms with Gasteiger partial charge in [0.2, 0.25) is 11.8 Å². The van der Waals surface area contributed by atoms with Crippen LogP contribution >= 0.6 is 0 Å². The molecule has 0 saturated carbocycles. The molecule has 21 heavy (non-hydrogen) atoms. The number of aryl methyl sites for hydroxylation is 1. The van der Waals surface area contributed by atoms with Crippen molar-refractivity contribution in [3.63, 3.8) is 0 Å². The number of amides is 2. The Morgan fingerprint density at radius 1 is 1.10 bits per heavy atom. The third kappa shape index (κ3) is 3.09. The maximum atomic E-state index is 12.5. The van der Waals surface area contributed by atoms with Crippen molar-refractivity contribution in [2.75, 3.05) is 19.6 Å². The van der Waals surface area contributed by atoms with Gasteiger partial charge in [0.05, 0.1) is 6.54 Å². The Labute approximate surface area is 125 Å². The molecule has 1 aromatic rings. The Bertz CT molecular complexity index is 515. The van der Waals surface area contributed by atoms with Crippen LogP contribution in [0, 0.1) is 0 Å². The standard InChI is InChI=1S/C17H22N2O2/c20-16-13-18(11-6-9-14-7-2-1-3-8-14)17(21)15-10-4-5-12-19(15)16/h1-3,7-8,15H,4-6,9-13H2. The van der Waals surface area contributed by atoms with Crippen LogP contribution in [-0.2, 0) is 16.0 Å². The Hall–Kier alpha value is -1.84. The number of carbonyl (C=O) groups is 2. The predicted octanol–water partition coefficient (Wildman–Crippen LogP) is 1.84. The van der Waals surface area contributed by atoms with Crippen LogP contribution < -0.4 is 0 Å². The first kappa shape index (κ1) is 14.1. The molecule has 4 heteroatoms. The van der Waals surface area contributed by atoms with Crippen LogP contribution in [0.5, 0.6) is 0 Å². The number of fused-ring (bicyclic) bond motifs is 1. The first-order valence-corrected chi connectivity index (χ1v) is 7.88. The van der Waals surface area contributed by atoms with E-state index in [1.165, 1.54) is 5.56 Å². The van der Waals surface area contributed by atoms with E-state index in [-0.39, 0.29) is 24.4 Å². The molecule has 0 radical (unpaired) electrons. The summed E-state index contributed by atoms with van der Waals surface area (Å²) in [6, 6.07) is 10.1. The van der Waals surface area contributed by atoms with Gasteiger partial charge in [-0.2, -0.15) is 0 Å². The number of carbonyl (C=O) groups excluding carboxylic acids is 2. The molecule has 0 N–H and O–H groups in total. The molecule has 2 heterocycles. The molecule has 0 aromatic heterocycles. The zero-order valence-electron chi connectivity index (χ0n) is 12.3. The lowest BCUT2D eigenvalue weighted by Gasteiger charge is -2.42. The van der Waals surface area contributed by atoms with E-state index >= 15 is 0 Å². The van der Waals surface area contributed by atoms with Crippen LogP contribution in [0.1, 0.15) is 31.2 Å². The smallest absolute Gasteiger partial charge is 0.245 e. The molecule has 112 valence electrons. The third-order valence-electron chi connectivity index (χ3n) is 4.48. The predicted molar refractivity (Wildman–Crippen MR) is 80.7 cm³/mol. The molecular formula is C17H22N2O2. The van der Waals surface area contributed by atoms with Crippen molar-refractivity contribution in [2.45, 2.75) is 38.1 Å². The third-order valence-corrected chi connectivity index (χ3v) is 4.48. The van der Waals surface area contributed by atoms with E-state index in [2.05, 4.69) is 12.1 Å². The number of benzene rings is 1. The summed E-state index contributed by atoms with van der Waals surface area (Å²) in [6.45, 7) is 1.71. The average Bonchev–Trinajstić information content (AvgIpc) is 2.53. The van der Waals surface area contributed by atoms with Gasteiger partial charge in [-0.1, -0.05) is 30.3 Å². The maximum absolute atomic E-state index is 12.5. The van der Waals surface area contributed by atoms with Crippen LogP contribution in [0.4, 0.5) is 0 Å². The normalized spacial score (nSPS) is 22.4. The Kier molecular flexibility index (Phi) is 4.23. The van der Waals surface area contributed by atoms with E-state index in [1.807, 2.05) is 18.2 Å². The second-order valence-electron chi connectivity index (χ2n) is 5.95. The van der Waals surface area contributed by atoms with E-state index in [0.29, 0.717) is 6.54 Å². The number of nitrogens with zero attached hydrogens (tertiary/aromatic N) is 2. The lowest BCUT2D eigenvalue weighted by atomic mass is 9.98. The number of hydrogen-bond donors (Lipinski definition) is 0. The van der Waals surface area contributed by atoms with Gasteiger partial charge in [-0.25, -0.2) is 0 Å². The van der Waals surface area contributed by atoms with Gasteiger partial charge in [0, 0.05) is 13.1 Å². The summed E-state index contributed by atoms with van der Waals surface area (Å²) in [5.41, 5.74) is 1.28. The SMILES string of the molecule is O=C1C2CCCCN2C(=O)CN1CCCc1ccccc1. The van der Waals surface area contributed by atoms with Gasteiger partial charge >= 0.3 is 0 Å². The quantitative estimate of drug-likeness (QED) is 0.847. The molecule has 1 unspecified atom stereocenters. The second-order valence-corrected chi connectivity index (χ2v) is 5.95. The molecule has 4 nitrogen and oxygen atoms in total. The van der Waals surface area contributed by atoms with Gasteiger partial charge in [0.1, 0.15) is 6.04 Å². The second kappa shape index (κ2) is 6.29. The van der Waals surface area contributed by atoms with Crippen LogP contribution in [-0.4, -0.2) is 47.3 Å². The summed E-state index contributed by atoms with van der Waals surface area (Å²) in [5, 5.41) is 0. The first-order valence-electron chi connectivity index (χ1n) is 7.88. The summed E-state index contributed by atoms with van der Waals surface area (Å²) in [6.07, 6.45) is 4.78. The molecule has 2 amide bonds. The van der Waals surface area contributed by atoms with E-state index in [0.717, 1.165) is 38.6 Å². The van der Waals surface area contributed by atoms with E-state index in [4.69, 9.17) is 0 Å². The van der Waals surface area contributed by atoms with Crippen molar-refractivity contribution in [1.29, 1.82) is 0 Å². The minimum atomic E-state index is -0.184. The van der Waals surface area contributed by atoms with Crippen LogP contribution in [0.25, 0.3) is 0 Å². The molecule has 0 aliphatic carbocycles. The van der Waals surface area contributed by atoms with Crippen molar-refractivity contribution in [3.8, 4) is 0 Å². The maximum Gasteiger partial charge on any atom is 0.245 e. The zero-order chi connectivity index (χ0) is 14.7. The van der Waals surface area contributed by atoms with Gasteiger partial charge in [-0.05, 0) is 37.7 Å². The molecular weight excluding hydrogens is 264 g/mol. The fourth-order valence-corrected chi connectivity index (χ4v) is 3.34. The first-order chi connectivity index (χ1) is 10.3. The fourth-order valence-electron chi connectivity index (χ4n) is 3.34. The summed E-state index contributed by atoms with van der Waals surface area (Å²) < 4.78 is 0. The largest absolute Gasteiger partial charge is 0.332 e. The molecule has 0 bridgehead atoms.